The van der Waals surface area contributed by atoms with Crippen LogP contribution in [0.15, 0.2) is 24.3 Å². The quantitative estimate of drug-likeness (QED) is 0.821. The molecule has 0 radical (unpaired) electrons. The minimum Gasteiger partial charge on any atom is -0.508 e. The molecule has 0 aliphatic carbocycles. The van der Waals surface area contributed by atoms with Gasteiger partial charge in [-0.05, 0) is 43.0 Å². The molecule has 1 aliphatic rings. The normalized spacial score (nSPS) is 25.6. The van der Waals surface area contributed by atoms with Crippen LogP contribution in [0, 0.1) is 5.92 Å². The van der Waals surface area contributed by atoms with Crippen LogP contribution in [-0.2, 0) is 4.74 Å². The number of aromatic hydroxyl groups is 1. The maximum absolute atomic E-state index is 9.25. The molecule has 1 aromatic rings. The van der Waals surface area contributed by atoms with Gasteiger partial charge in [0.05, 0.1) is 0 Å². The lowest BCUT2D eigenvalue weighted by molar-refractivity contribution is 0.124. The van der Waals surface area contributed by atoms with Crippen LogP contribution in [0.1, 0.15) is 24.4 Å². The molecule has 1 aliphatic heterocycles. The van der Waals surface area contributed by atoms with Crippen LogP contribution < -0.4 is 5.32 Å². The first-order chi connectivity index (χ1) is 7.79. The predicted molar refractivity (Wildman–Crippen MR) is 63.5 cm³/mol. The van der Waals surface area contributed by atoms with Crippen molar-refractivity contribution in [2.75, 3.05) is 20.3 Å². The molecule has 2 atom stereocenters. The fraction of sp³-hybridized carbons (Fsp3) is 0.538. The second kappa shape index (κ2) is 5.32. The van der Waals surface area contributed by atoms with Gasteiger partial charge >= 0.3 is 0 Å². The van der Waals surface area contributed by atoms with Gasteiger partial charge in [0, 0.05) is 19.8 Å². The summed E-state index contributed by atoms with van der Waals surface area (Å²) in [4.78, 5) is 0. The van der Waals surface area contributed by atoms with Crippen LogP contribution in [0.5, 0.6) is 5.75 Å². The molecule has 1 aromatic carbocycles. The average molecular weight is 221 g/mol. The summed E-state index contributed by atoms with van der Waals surface area (Å²) in [6.45, 7) is 1.88. The van der Waals surface area contributed by atoms with Gasteiger partial charge in [0.15, 0.2) is 0 Å². The molecule has 1 heterocycles. The van der Waals surface area contributed by atoms with E-state index in [1.807, 2.05) is 12.1 Å². The van der Waals surface area contributed by atoms with Crippen molar-refractivity contribution in [1.82, 2.24) is 5.32 Å². The van der Waals surface area contributed by atoms with E-state index in [4.69, 9.17) is 4.74 Å². The first-order valence-corrected chi connectivity index (χ1v) is 5.81. The number of phenols is 1. The Hall–Kier alpha value is -1.06. The second-order valence-corrected chi connectivity index (χ2v) is 4.44. The van der Waals surface area contributed by atoms with Gasteiger partial charge in [0.25, 0.3) is 0 Å². The van der Waals surface area contributed by atoms with E-state index in [1.165, 1.54) is 12.0 Å². The molecular weight excluding hydrogens is 202 g/mol. The number of ether oxygens (including phenoxy) is 1. The molecule has 2 N–H and O–H groups in total. The summed E-state index contributed by atoms with van der Waals surface area (Å²) in [6.07, 6.45) is 2.29. The van der Waals surface area contributed by atoms with Crippen molar-refractivity contribution in [3.63, 3.8) is 0 Å². The van der Waals surface area contributed by atoms with Crippen LogP contribution in [0.4, 0.5) is 0 Å². The van der Waals surface area contributed by atoms with E-state index in [-0.39, 0.29) is 0 Å². The second-order valence-electron chi connectivity index (χ2n) is 4.44. The highest BCUT2D eigenvalue weighted by molar-refractivity contribution is 5.28. The summed E-state index contributed by atoms with van der Waals surface area (Å²) in [5, 5.41) is 12.8. The van der Waals surface area contributed by atoms with Crippen molar-refractivity contribution in [3.8, 4) is 5.75 Å². The zero-order valence-electron chi connectivity index (χ0n) is 9.65. The van der Waals surface area contributed by atoms with Gasteiger partial charge in [-0.1, -0.05) is 12.1 Å². The third-order valence-electron chi connectivity index (χ3n) is 3.21. The standard InChI is InChI=1S/C13H19NO2/c1-16-9-10-6-7-14-13(8-10)11-2-4-12(15)5-3-11/h2-5,10,13-15H,6-9H2,1H3. The van der Waals surface area contributed by atoms with Crippen molar-refractivity contribution in [1.29, 1.82) is 0 Å². The van der Waals surface area contributed by atoms with Crippen LogP contribution in [-0.4, -0.2) is 25.4 Å². The Labute approximate surface area is 96.4 Å². The van der Waals surface area contributed by atoms with E-state index >= 15 is 0 Å². The molecule has 88 valence electrons. The highest BCUT2D eigenvalue weighted by Gasteiger charge is 2.22. The van der Waals surface area contributed by atoms with E-state index in [0.717, 1.165) is 19.6 Å². The first kappa shape index (κ1) is 11.4. The maximum atomic E-state index is 9.25. The Morgan fingerprint density at radius 2 is 2.12 bits per heavy atom. The van der Waals surface area contributed by atoms with Gasteiger partial charge in [-0.2, -0.15) is 0 Å². The predicted octanol–water partition coefficient (Wildman–Crippen LogP) is 2.08. The Morgan fingerprint density at radius 3 is 2.81 bits per heavy atom. The van der Waals surface area contributed by atoms with E-state index in [9.17, 15) is 5.11 Å². The van der Waals surface area contributed by atoms with E-state index in [1.54, 1.807) is 19.2 Å². The molecule has 0 saturated carbocycles. The largest absolute Gasteiger partial charge is 0.508 e. The number of rotatable bonds is 3. The third-order valence-corrected chi connectivity index (χ3v) is 3.21. The molecule has 16 heavy (non-hydrogen) atoms. The van der Waals surface area contributed by atoms with Crippen molar-refractivity contribution in [2.45, 2.75) is 18.9 Å². The number of phenolic OH excluding ortho intramolecular Hbond substituents is 1. The van der Waals surface area contributed by atoms with Gasteiger partial charge in [-0.25, -0.2) is 0 Å². The van der Waals surface area contributed by atoms with E-state index in [0.29, 0.717) is 17.7 Å². The molecule has 0 amide bonds. The molecule has 0 aromatic heterocycles. The number of hydrogen-bond acceptors (Lipinski definition) is 3. The summed E-state index contributed by atoms with van der Waals surface area (Å²) in [5.41, 5.74) is 1.25. The highest BCUT2D eigenvalue weighted by atomic mass is 16.5. The molecule has 0 bridgehead atoms. The lowest BCUT2D eigenvalue weighted by Crippen LogP contribution is -2.33. The Morgan fingerprint density at radius 1 is 1.38 bits per heavy atom. The summed E-state index contributed by atoms with van der Waals surface area (Å²) < 4.78 is 5.22. The van der Waals surface area contributed by atoms with Crippen LogP contribution >= 0.6 is 0 Å². The fourth-order valence-electron chi connectivity index (χ4n) is 2.34. The summed E-state index contributed by atoms with van der Waals surface area (Å²) in [6, 6.07) is 7.87. The van der Waals surface area contributed by atoms with Gasteiger partial charge in [-0.3, -0.25) is 0 Å². The fourth-order valence-corrected chi connectivity index (χ4v) is 2.34. The molecule has 0 spiro atoms. The Kier molecular flexibility index (Phi) is 3.80. The zero-order valence-corrected chi connectivity index (χ0v) is 9.65. The molecule has 3 heteroatoms. The zero-order chi connectivity index (χ0) is 11.4. The van der Waals surface area contributed by atoms with Crippen LogP contribution in [0.3, 0.4) is 0 Å². The van der Waals surface area contributed by atoms with Gasteiger partial charge < -0.3 is 15.2 Å². The first-order valence-electron chi connectivity index (χ1n) is 5.81. The van der Waals surface area contributed by atoms with E-state index < -0.39 is 0 Å². The molecule has 2 rings (SSSR count). The SMILES string of the molecule is COCC1CCNC(c2ccc(O)cc2)C1. The lowest BCUT2D eigenvalue weighted by Gasteiger charge is -2.30. The van der Waals surface area contributed by atoms with Crippen LogP contribution in [0.2, 0.25) is 0 Å². The lowest BCUT2D eigenvalue weighted by atomic mass is 9.89. The minimum absolute atomic E-state index is 0.327. The maximum Gasteiger partial charge on any atom is 0.115 e. The monoisotopic (exact) mass is 221 g/mol. The Bertz CT molecular complexity index is 321. The van der Waals surface area contributed by atoms with Gasteiger partial charge in [0.2, 0.25) is 0 Å². The number of methoxy groups -OCH3 is 1. The summed E-state index contributed by atoms with van der Waals surface area (Å²) in [5.74, 6) is 0.970. The highest BCUT2D eigenvalue weighted by Crippen LogP contribution is 2.28. The minimum atomic E-state index is 0.327. The van der Waals surface area contributed by atoms with Crippen LogP contribution in [0.25, 0.3) is 0 Å². The topological polar surface area (TPSA) is 41.5 Å². The molecular formula is C13H19NO2. The average Bonchev–Trinajstić information content (AvgIpc) is 2.31. The van der Waals surface area contributed by atoms with Crippen molar-refractivity contribution in [2.24, 2.45) is 5.92 Å². The van der Waals surface area contributed by atoms with Gasteiger partial charge in [-0.15, -0.1) is 0 Å². The molecule has 3 nitrogen and oxygen atoms in total. The van der Waals surface area contributed by atoms with E-state index in [2.05, 4.69) is 5.32 Å². The smallest absolute Gasteiger partial charge is 0.115 e. The molecule has 1 saturated heterocycles. The molecule has 2 unspecified atom stereocenters. The number of hydrogen-bond donors (Lipinski definition) is 2. The molecule has 1 fully saturated rings. The van der Waals surface area contributed by atoms with Crippen molar-refractivity contribution < 1.29 is 9.84 Å². The third kappa shape index (κ3) is 2.74. The van der Waals surface area contributed by atoms with Crippen molar-refractivity contribution >= 4 is 0 Å². The van der Waals surface area contributed by atoms with Crippen molar-refractivity contribution in [3.05, 3.63) is 29.8 Å². The number of benzene rings is 1. The van der Waals surface area contributed by atoms with Gasteiger partial charge in [0.1, 0.15) is 5.75 Å². The number of piperidine rings is 1. The number of nitrogens with one attached hydrogen (secondary N) is 1. The summed E-state index contributed by atoms with van der Waals surface area (Å²) in [7, 11) is 1.76. The summed E-state index contributed by atoms with van der Waals surface area (Å²) >= 11 is 0. The Balaban J connectivity index is 2.01.